The average Bonchev–Trinajstić information content (AvgIpc) is 2.87. The molecule has 0 radical (unpaired) electrons. The average molecular weight is 480 g/mol. The molecule has 9 heteroatoms. The maximum absolute atomic E-state index is 5.60. The molecular formula is C26H37N7O2. The van der Waals surface area contributed by atoms with E-state index in [-0.39, 0.29) is 0 Å². The Bertz CT molecular complexity index is 1060. The number of fused-ring (bicyclic) bond motifs is 1. The lowest BCUT2D eigenvalue weighted by molar-refractivity contribution is 0.0547. The van der Waals surface area contributed by atoms with Crippen LogP contribution in [0.1, 0.15) is 32.6 Å². The molecule has 3 aromatic rings. The molecule has 1 aliphatic carbocycles. The minimum atomic E-state index is 0.365. The summed E-state index contributed by atoms with van der Waals surface area (Å²) in [5.74, 6) is 2.18. The van der Waals surface area contributed by atoms with Crippen LogP contribution in [0.4, 0.5) is 23.5 Å². The van der Waals surface area contributed by atoms with Gasteiger partial charge in [0.15, 0.2) is 0 Å². The topological polar surface area (TPSA) is 119 Å². The number of nitrogens with zero attached hydrogens (tertiary/aromatic N) is 3. The molecule has 1 saturated carbocycles. The van der Waals surface area contributed by atoms with E-state index in [9.17, 15) is 0 Å². The summed E-state index contributed by atoms with van der Waals surface area (Å²) in [4.78, 5) is 13.9. The van der Waals surface area contributed by atoms with Crippen LogP contribution in [0.5, 0.6) is 0 Å². The zero-order valence-electron chi connectivity index (χ0n) is 20.5. The molecule has 5 N–H and O–H groups in total. The fourth-order valence-electron chi connectivity index (χ4n) is 4.31. The van der Waals surface area contributed by atoms with Crippen molar-refractivity contribution < 1.29 is 9.47 Å². The van der Waals surface area contributed by atoms with E-state index in [1.165, 1.54) is 24.6 Å². The molecule has 0 aliphatic heterocycles. The van der Waals surface area contributed by atoms with Gasteiger partial charge in [0.05, 0.1) is 26.4 Å². The monoisotopic (exact) mass is 479 g/mol. The molecule has 4 rings (SSSR count). The Hall–Kier alpha value is -3.01. The number of benzene rings is 2. The van der Waals surface area contributed by atoms with Crippen LogP contribution in [0, 0.1) is 5.92 Å². The molecule has 1 heterocycles. The van der Waals surface area contributed by atoms with Crippen LogP contribution in [0.2, 0.25) is 0 Å². The lowest BCUT2D eigenvalue weighted by Crippen LogP contribution is -2.31. The van der Waals surface area contributed by atoms with Crippen LogP contribution in [0.15, 0.2) is 42.5 Å². The third kappa shape index (κ3) is 7.74. The van der Waals surface area contributed by atoms with Crippen LogP contribution in [-0.2, 0) is 9.47 Å². The third-order valence-electron chi connectivity index (χ3n) is 6.23. The van der Waals surface area contributed by atoms with Gasteiger partial charge < -0.3 is 31.2 Å². The lowest BCUT2D eigenvalue weighted by Gasteiger charge is -2.29. The molecule has 1 aromatic heterocycles. The molecule has 1 fully saturated rings. The van der Waals surface area contributed by atoms with Crippen molar-refractivity contribution in [1.82, 2.24) is 15.0 Å². The van der Waals surface area contributed by atoms with Gasteiger partial charge in [-0.2, -0.15) is 15.0 Å². The molecule has 2 atom stereocenters. The fourth-order valence-corrected chi connectivity index (χ4v) is 4.31. The summed E-state index contributed by atoms with van der Waals surface area (Å²) in [6.07, 6.45) is 4.87. The summed E-state index contributed by atoms with van der Waals surface area (Å²) >= 11 is 0. The van der Waals surface area contributed by atoms with Gasteiger partial charge in [0.2, 0.25) is 17.8 Å². The Kier molecular flexibility index (Phi) is 9.45. The molecule has 0 saturated heterocycles. The van der Waals surface area contributed by atoms with Crippen molar-refractivity contribution >= 4 is 34.3 Å². The summed E-state index contributed by atoms with van der Waals surface area (Å²) in [7, 11) is 0. The second-order valence-corrected chi connectivity index (χ2v) is 8.95. The zero-order chi connectivity index (χ0) is 24.3. The van der Waals surface area contributed by atoms with E-state index in [1.54, 1.807) is 0 Å². The number of aromatic nitrogens is 3. The zero-order valence-corrected chi connectivity index (χ0v) is 20.5. The quantitative estimate of drug-likeness (QED) is 0.268. The van der Waals surface area contributed by atoms with Crippen molar-refractivity contribution in [3.8, 4) is 0 Å². The SMILES string of the molecule is CC1CCCCC1Nc1nc(NCCOCCOCCN)nc(Nc2ccc3ccccc3c2)n1. The van der Waals surface area contributed by atoms with Crippen molar-refractivity contribution in [3.05, 3.63) is 42.5 Å². The minimum absolute atomic E-state index is 0.365. The highest BCUT2D eigenvalue weighted by molar-refractivity contribution is 5.86. The van der Waals surface area contributed by atoms with E-state index in [0.717, 1.165) is 17.5 Å². The van der Waals surface area contributed by atoms with Crippen LogP contribution >= 0.6 is 0 Å². The van der Waals surface area contributed by atoms with E-state index >= 15 is 0 Å². The second-order valence-electron chi connectivity index (χ2n) is 8.95. The molecule has 1 aliphatic rings. The first-order valence-electron chi connectivity index (χ1n) is 12.6. The summed E-state index contributed by atoms with van der Waals surface area (Å²) in [5.41, 5.74) is 6.34. The van der Waals surface area contributed by atoms with Gasteiger partial charge in [-0.05, 0) is 41.7 Å². The van der Waals surface area contributed by atoms with Crippen molar-refractivity contribution in [2.24, 2.45) is 11.7 Å². The Morgan fingerprint density at radius 1 is 0.857 bits per heavy atom. The van der Waals surface area contributed by atoms with Crippen molar-refractivity contribution in [3.63, 3.8) is 0 Å². The van der Waals surface area contributed by atoms with Crippen LogP contribution < -0.4 is 21.7 Å². The Balaban J connectivity index is 1.42. The van der Waals surface area contributed by atoms with E-state index in [2.05, 4.69) is 62.1 Å². The van der Waals surface area contributed by atoms with Crippen molar-refractivity contribution in [2.45, 2.75) is 38.6 Å². The van der Waals surface area contributed by atoms with E-state index in [1.807, 2.05) is 18.2 Å². The number of ether oxygens (including phenoxy) is 2. The Morgan fingerprint density at radius 2 is 1.60 bits per heavy atom. The predicted molar refractivity (Wildman–Crippen MR) is 141 cm³/mol. The highest BCUT2D eigenvalue weighted by Gasteiger charge is 2.22. The van der Waals surface area contributed by atoms with Gasteiger partial charge in [0.1, 0.15) is 0 Å². The summed E-state index contributed by atoms with van der Waals surface area (Å²) in [6.45, 7) is 5.53. The van der Waals surface area contributed by atoms with Crippen LogP contribution in [-0.4, -0.2) is 60.5 Å². The maximum atomic E-state index is 5.60. The van der Waals surface area contributed by atoms with Crippen molar-refractivity contribution in [1.29, 1.82) is 0 Å². The van der Waals surface area contributed by atoms with E-state index in [4.69, 9.17) is 15.2 Å². The molecule has 0 spiro atoms. The predicted octanol–water partition coefficient (Wildman–Crippen LogP) is 4.16. The van der Waals surface area contributed by atoms with E-state index < -0.39 is 0 Å². The summed E-state index contributed by atoms with van der Waals surface area (Å²) in [6, 6.07) is 14.9. The first-order valence-corrected chi connectivity index (χ1v) is 12.6. The number of nitrogens with one attached hydrogen (secondary N) is 3. The summed E-state index contributed by atoms with van der Waals surface area (Å²) in [5, 5.41) is 12.5. The summed E-state index contributed by atoms with van der Waals surface area (Å²) < 4.78 is 10.9. The third-order valence-corrected chi connectivity index (χ3v) is 6.23. The van der Waals surface area contributed by atoms with Gasteiger partial charge in [-0.25, -0.2) is 0 Å². The highest BCUT2D eigenvalue weighted by atomic mass is 16.5. The molecule has 9 nitrogen and oxygen atoms in total. The molecule has 2 unspecified atom stereocenters. The number of nitrogens with two attached hydrogens (primary N) is 1. The fraction of sp³-hybridized carbons (Fsp3) is 0.500. The largest absolute Gasteiger partial charge is 0.378 e. The first kappa shape index (κ1) is 25.1. The lowest BCUT2D eigenvalue weighted by atomic mass is 9.86. The minimum Gasteiger partial charge on any atom is -0.378 e. The standard InChI is InChI=1S/C26H37N7O2/c1-19-6-2-5-9-23(19)30-26-32-24(28-13-15-35-17-16-34-14-12-27)31-25(33-26)29-22-11-10-20-7-3-4-8-21(20)18-22/h3-4,7-8,10-11,18-19,23H,2,5-6,9,12-17,27H2,1H3,(H3,28,29,30,31,32,33). The molecule has 0 amide bonds. The maximum Gasteiger partial charge on any atom is 0.233 e. The van der Waals surface area contributed by atoms with Crippen LogP contribution in [0.25, 0.3) is 10.8 Å². The molecule has 35 heavy (non-hydrogen) atoms. The smallest absolute Gasteiger partial charge is 0.233 e. The second kappa shape index (κ2) is 13.2. The Labute approximate surface area is 207 Å². The number of rotatable bonds is 13. The van der Waals surface area contributed by atoms with Crippen LogP contribution in [0.3, 0.4) is 0 Å². The number of hydrogen-bond donors (Lipinski definition) is 4. The van der Waals surface area contributed by atoms with Gasteiger partial charge >= 0.3 is 0 Å². The molecular weight excluding hydrogens is 442 g/mol. The normalized spacial score (nSPS) is 17.9. The van der Waals surface area contributed by atoms with Crippen molar-refractivity contribution in [2.75, 3.05) is 55.5 Å². The highest BCUT2D eigenvalue weighted by Crippen LogP contribution is 2.27. The van der Waals surface area contributed by atoms with Gasteiger partial charge in [0.25, 0.3) is 0 Å². The number of anilines is 4. The van der Waals surface area contributed by atoms with Gasteiger partial charge in [0, 0.05) is 24.8 Å². The molecule has 0 bridgehead atoms. The molecule has 188 valence electrons. The van der Waals surface area contributed by atoms with Gasteiger partial charge in [-0.3, -0.25) is 0 Å². The van der Waals surface area contributed by atoms with Gasteiger partial charge in [-0.1, -0.05) is 50.1 Å². The Morgan fingerprint density at radius 3 is 2.43 bits per heavy atom. The number of hydrogen-bond acceptors (Lipinski definition) is 9. The van der Waals surface area contributed by atoms with E-state index in [0.29, 0.717) is 69.3 Å². The molecule has 2 aromatic carbocycles. The first-order chi connectivity index (χ1) is 17.2. The van der Waals surface area contributed by atoms with Gasteiger partial charge in [-0.15, -0.1) is 0 Å².